The third-order valence-electron chi connectivity index (χ3n) is 5.42. The van der Waals surface area contributed by atoms with Crippen molar-refractivity contribution >= 4 is 17.4 Å². The molecule has 1 aliphatic rings. The van der Waals surface area contributed by atoms with Crippen LogP contribution in [-0.4, -0.2) is 33.2 Å². The van der Waals surface area contributed by atoms with Crippen molar-refractivity contribution in [3.8, 4) is 0 Å². The second-order valence-electron chi connectivity index (χ2n) is 7.76. The standard InChI is InChI=1S/C24H28N2O3/c1-4-5-6-15-26-21(18-9-7-17(8-10-18)16(2)3)20(23(28)24(26)29)22(27)19-11-13-25-14-12-19/h7-14,16,21,27H,4-6,15H2,1-3H3/b22-20-. The molecule has 1 aromatic heterocycles. The number of Topliss-reactive ketones (excluding diaryl/α,β-unsaturated/α-hetero) is 1. The fourth-order valence-corrected chi connectivity index (χ4v) is 3.72. The predicted molar refractivity (Wildman–Crippen MR) is 113 cm³/mol. The molecular formula is C24H28N2O3. The van der Waals surface area contributed by atoms with E-state index >= 15 is 0 Å². The van der Waals surface area contributed by atoms with E-state index in [2.05, 4.69) is 25.8 Å². The van der Waals surface area contributed by atoms with Crippen LogP contribution in [0.2, 0.25) is 0 Å². The maximum Gasteiger partial charge on any atom is 0.295 e. The maximum absolute atomic E-state index is 12.9. The zero-order valence-corrected chi connectivity index (χ0v) is 17.3. The van der Waals surface area contributed by atoms with Gasteiger partial charge in [0.25, 0.3) is 11.7 Å². The van der Waals surface area contributed by atoms with Crippen LogP contribution < -0.4 is 0 Å². The first-order valence-electron chi connectivity index (χ1n) is 10.2. The van der Waals surface area contributed by atoms with Crippen molar-refractivity contribution in [2.24, 2.45) is 0 Å². The molecule has 0 aliphatic carbocycles. The maximum atomic E-state index is 12.9. The lowest BCUT2D eigenvalue weighted by molar-refractivity contribution is -0.139. The fourth-order valence-electron chi connectivity index (χ4n) is 3.72. The molecule has 1 aliphatic heterocycles. The van der Waals surface area contributed by atoms with E-state index in [1.807, 2.05) is 24.3 Å². The van der Waals surface area contributed by atoms with E-state index in [9.17, 15) is 14.7 Å². The van der Waals surface area contributed by atoms with Crippen LogP contribution in [0.4, 0.5) is 0 Å². The minimum atomic E-state index is -0.631. The van der Waals surface area contributed by atoms with Gasteiger partial charge in [0, 0.05) is 24.5 Å². The number of rotatable bonds is 7. The Bertz CT molecular complexity index is 901. The zero-order chi connectivity index (χ0) is 21.0. The molecule has 1 amide bonds. The Morgan fingerprint density at radius 1 is 1.07 bits per heavy atom. The molecule has 2 aromatic rings. The van der Waals surface area contributed by atoms with Crippen molar-refractivity contribution in [1.29, 1.82) is 0 Å². The monoisotopic (exact) mass is 392 g/mol. The number of hydrogen-bond acceptors (Lipinski definition) is 4. The minimum absolute atomic E-state index is 0.148. The van der Waals surface area contributed by atoms with E-state index in [0.29, 0.717) is 18.0 Å². The number of carbonyl (C=O) groups is 2. The second-order valence-corrected chi connectivity index (χ2v) is 7.76. The molecule has 1 N–H and O–H groups in total. The molecule has 0 bridgehead atoms. The Morgan fingerprint density at radius 2 is 1.72 bits per heavy atom. The van der Waals surface area contributed by atoms with Gasteiger partial charge in [0.05, 0.1) is 11.6 Å². The van der Waals surface area contributed by atoms with Gasteiger partial charge in [-0.15, -0.1) is 0 Å². The summed E-state index contributed by atoms with van der Waals surface area (Å²) in [6.45, 7) is 6.83. The Balaban J connectivity index is 2.09. The average molecular weight is 392 g/mol. The van der Waals surface area contributed by atoms with Crippen molar-refractivity contribution in [2.45, 2.75) is 52.0 Å². The molecule has 0 spiro atoms. The first kappa shape index (κ1) is 20.8. The average Bonchev–Trinajstić information content (AvgIpc) is 2.99. The van der Waals surface area contributed by atoms with Gasteiger partial charge < -0.3 is 10.0 Å². The molecule has 2 heterocycles. The summed E-state index contributed by atoms with van der Waals surface area (Å²) in [6.07, 6.45) is 5.93. The van der Waals surface area contributed by atoms with Gasteiger partial charge in [-0.1, -0.05) is 57.9 Å². The molecule has 1 fully saturated rings. The van der Waals surface area contributed by atoms with Gasteiger partial charge in [0.2, 0.25) is 0 Å². The minimum Gasteiger partial charge on any atom is -0.507 e. The summed E-state index contributed by atoms with van der Waals surface area (Å²) in [5.41, 5.74) is 2.65. The van der Waals surface area contributed by atoms with E-state index in [-0.39, 0.29) is 11.3 Å². The molecule has 152 valence electrons. The number of hydrogen-bond donors (Lipinski definition) is 1. The topological polar surface area (TPSA) is 70.5 Å². The molecule has 3 rings (SSSR count). The Kier molecular flexibility index (Phi) is 6.47. The summed E-state index contributed by atoms with van der Waals surface area (Å²) >= 11 is 0. The summed E-state index contributed by atoms with van der Waals surface area (Å²) in [7, 11) is 0. The number of aliphatic hydroxyl groups excluding tert-OH is 1. The number of pyridine rings is 1. The molecule has 0 radical (unpaired) electrons. The quantitative estimate of drug-likeness (QED) is 0.317. The van der Waals surface area contributed by atoms with Crippen molar-refractivity contribution in [3.05, 3.63) is 71.1 Å². The van der Waals surface area contributed by atoms with Crippen molar-refractivity contribution in [2.75, 3.05) is 6.54 Å². The molecule has 5 heteroatoms. The van der Waals surface area contributed by atoms with E-state index in [1.165, 1.54) is 5.56 Å². The van der Waals surface area contributed by atoms with Crippen LogP contribution in [-0.2, 0) is 9.59 Å². The SMILES string of the molecule is CCCCCN1C(=O)C(=O)/C(=C(\O)c2ccncc2)C1c1ccc(C(C)C)cc1. The third kappa shape index (κ3) is 4.24. The zero-order valence-electron chi connectivity index (χ0n) is 17.3. The Morgan fingerprint density at radius 3 is 2.31 bits per heavy atom. The van der Waals surface area contributed by atoms with Gasteiger partial charge >= 0.3 is 0 Å². The van der Waals surface area contributed by atoms with E-state index < -0.39 is 17.7 Å². The highest BCUT2D eigenvalue weighted by atomic mass is 16.3. The highest BCUT2D eigenvalue weighted by Crippen LogP contribution is 2.39. The first-order chi connectivity index (χ1) is 14.0. The number of amides is 1. The Hall–Kier alpha value is -2.95. The number of ketones is 1. The van der Waals surface area contributed by atoms with E-state index in [0.717, 1.165) is 24.8 Å². The van der Waals surface area contributed by atoms with Crippen LogP contribution in [0.25, 0.3) is 5.76 Å². The normalized spacial score (nSPS) is 18.6. The molecule has 1 aromatic carbocycles. The van der Waals surface area contributed by atoms with Crippen LogP contribution >= 0.6 is 0 Å². The van der Waals surface area contributed by atoms with Gasteiger partial charge in [-0.25, -0.2) is 0 Å². The van der Waals surface area contributed by atoms with Gasteiger partial charge in [0.1, 0.15) is 5.76 Å². The molecular weight excluding hydrogens is 364 g/mol. The summed E-state index contributed by atoms with van der Waals surface area (Å²) in [5.74, 6) is -0.943. The van der Waals surface area contributed by atoms with Crippen molar-refractivity contribution in [3.63, 3.8) is 0 Å². The molecule has 1 atom stereocenters. The fraction of sp³-hybridized carbons (Fsp3) is 0.375. The number of likely N-dealkylation sites (tertiary alicyclic amines) is 1. The lowest BCUT2D eigenvalue weighted by Gasteiger charge is -2.25. The second kappa shape index (κ2) is 9.03. The summed E-state index contributed by atoms with van der Waals surface area (Å²) in [4.78, 5) is 31.3. The number of benzene rings is 1. The number of aromatic nitrogens is 1. The van der Waals surface area contributed by atoms with Crippen molar-refractivity contribution < 1.29 is 14.7 Å². The molecule has 29 heavy (non-hydrogen) atoms. The van der Waals surface area contributed by atoms with E-state index in [4.69, 9.17) is 0 Å². The van der Waals surface area contributed by atoms with Gasteiger partial charge in [-0.2, -0.15) is 0 Å². The van der Waals surface area contributed by atoms with Gasteiger partial charge in [-0.05, 0) is 35.6 Å². The predicted octanol–water partition coefficient (Wildman–Crippen LogP) is 4.82. The molecule has 5 nitrogen and oxygen atoms in total. The first-order valence-corrected chi connectivity index (χ1v) is 10.2. The summed E-state index contributed by atoms with van der Waals surface area (Å²) in [5, 5.41) is 10.9. The van der Waals surface area contributed by atoms with Crippen LogP contribution in [0.3, 0.4) is 0 Å². The summed E-state index contributed by atoms with van der Waals surface area (Å²) < 4.78 is 0. The van der Waals surface area contributed by atoms with Gasteiger partial charge in [0.15, 0.2) is 0 Å². The lowest BCUT2D eigenvalue weighted by Crippen LogP contribution is -2.30. The van der Waals surface area contributed by atoms with Crippen molar-refractivity contribution in [1.82, 2.24) is 9.88 Å². The highest BCUT2D eigenvalue weighted by Gasteiger charge is 2.45. The number of carbonyl (C=O) groups excluding carboxylic acids is 2. The van der Waals surface area contributed by atoms with Gasteiger partial charge in [-0.3, -0.25) is 14.6 Å². The van der Waals surface area contributed by atoms with Crippen LogP contribution in [0.15, 0.2) is 54.4 Å². The van der Waals surface area contributed by atoms with Crippen LogP contribution in [0.5, 0.6) is 0 Å². The van der Waals surface area contributed by atoms with Crippen LogP contribution in [0.1, 0.15) is 68.7 Å². The number of unbranched alkanes of at least 4 members (excludes halogenated alkanes) is 2. The molecule has 0 saturated carbocycles. The molecule has 1 saturated heterocycles. The third-order valence-corrected chi connectivity index (χ3v) is 5.42. The Labute approximate surface area is 172 Å². The molecule has 1 unspecified atom stereocenters. The summed E-state index contributed by atoms with van der Waals surface area (Å²) in [6, 6.07) is 10.7. The van der Waals surface area contributed by atoms with E-state index in [1.54, 1.807) is 29.4 Å². The smallest absolute Gasteiger partial charge is 0.295 e. The highest BCUT2D eigenvalue weighted by molar-refractivity contribution is 6.46. The largest absolute Gasteiger partial charge is 0.507 e. The van der Waals surface area contributed by atoms with Crippen LogP contribution in [0, 0.1) is 0 Å². The number of nitrogens with zero attached hydrogens (tertiary/aromatic N) is 2. The lowest BCUT2D eigenvalue weighted by atomic mass is 9.93. The number of aliphatic hydroxyl groups is 1.